The van der Waals surface area contributed by atoms with E-state index in [9.17, 15) is 9.90 Å². The number of hydrogen-bond donors (Lipinski definition) is 2. The number of halogens is 2. The highest BCUT2D eigenvalue weighted by Gasteiger charge is 2.15. The van der Waals surface area contributed by atoms with Gasteiger partial charge in [-0.1, -0.05) is 17.7 Å². The van der Waals surface area contributed by atoms with Crippen LogP contribution in [0, 0.1) is 0 Å². The molecule has 3 rings (SSSR count). The van der Waals surface area contributed by atoms with Gasteiger partial charge in [-0.25, -0.2) is 14.8 Å². The molecule has 1 heterocycles. The third-order valence-electron chi connectivity index (χ3n) is 3.31. The summed E-state index contributed by atoms with van der Waals surface area (Å²) in [6, 6.07) is 9.97. The number of nitrogens with zero attached hydrogens (tertiary/aromatic N) is 2. The van der Waals surface area contributed by atoms with Crippen LogP contribution in [0.2, 0.25) is 5.02 Å². The molecule has 0 spiro atoms. The highest BCUT2D eigenvalue weighted by Crippen LogP contribution is 2.33. The van der Waals surface area contributed by atoms with Crippen LogP contribution < -0.4 is 10.1 Å². The largest absolute Gasteiger partial charge is 0.495 e. The average Bonchev–Trinajstić information content (AvgIpc) is 2.54. The first-order chi connectivity index (χ1) is 11.1. The number of aromatic nitrogens is 2. The van der Waals surface area contributed by atoms with E-state index in [1.807, 2.05) is 0 Å². The van der Waals surface area contributed by atoms with Gasteiger partial charge >= 0.3 is 5.97 Å². The predicted octanol–water partition coefficient (Wildman–Crippen LogP) is 4.16. The van der Waals surface area contributed by atoms with Crippen molar-refractivity contribution in [3.8, 4) is 5.75 Å². The number of fused-ring (bicyclic) bond motifs is 1. The predicted molar refractivity (Wildman–Crippen MR) is 95.0 cm³/mol. The summed E-state index contributed by atoms with van der Waals surface area (Å²) >= 11 is 6.02. The Labute approximate surface area is 148 Å². The second-order valence-corrected chi connectivity index (χ2v) is 5.13. The summed E-state index contributed by atoms with van der Waals surface area (Å²) in [6.07, 6.45) is 1.37. The highest BCUT2D eigenvalue weighted by molar-refractivity contribution is 6.31. The zero-order chi connectivity index (χ0) is 16.4. The molecule has 1 aromatic heterocycles. The lowest BCUT2D eigenvalue weighted by Gasteiger charge is -2.13. The van der Waals surface area contributed by atoms with Gasteiger partial charge in [-0.05, 0) is 30.3 Å². The molecule has 0 saturated carbocycles. The molecule has 0 unspecified atom stereocenters. The Hall–Kier alpha value is -2.57. The van der Waals surface area contributed by atoms with Crippen LogP contribution in [0.3, 0.4) is 0 Å². The van der Waals surface area contributed by atoms with Crippen LogP contribution in [0.5, 0.6) is 5.75 Å². The zero-order valence-electron chi connectivity index (χ0n) is 12.5. The normalized spacial score (nSPS) is 10.1. The minimum Gasteiger partial charge on any atom is -0.495 e. The molecule has 0 atom stereocenters. The average molecular weight is 366 g/mol. The third-order valence-corrected chi connectivity index (χ3v) is 3.54. The van der Waals surface area contributed by atoms with E-state index in [0.29, 0.717) is 33.2 Å². The minimum absolute atomic E-state index is 0. The van der Waals surface area contributed by atoms with E-state index >= 15 is 0 Å². The van der Waals surface area contributed by atoms with Gasteiger partial charge in [-0.2, -0.15) is 0 Å². The Morgan fingerprint density at radius 2 is 2.04 bits per heavy atom. The van der Waals surface area contributed by atoms with Gasteiger partial charge in [0.25, 0.3) is 0 Å². The van der Waals surface area contributed by atoms with Crippen LogP contribution in [0.25, 0.3) is 10.9 Å². The molecule has 6 nitrogen and oxygen atoms in total. The number of carboxylic acid groups (broad SMARTS) is 1. The lowest BCUT2D eigenvalue weighted by Crippen LogP contribution is -2.03. The van der Waals surface area contributed by atoms with Gasteiger partial charge in [-0.15, -0.1) is 12.4 Å². The number of anilines is 2. The second-order valence-electron chi connectivity index (χ2n) is 4.70. The highest BCUT2D eigenvalue weighted by atomic mass is 35.5. The maximum atomic E-state index is 11.5. The Morgan fingerprint density at radius 3 is 2.75 bits per heavy atom. The van der Waals surface area contributed by atoms with Gasteiger partial charge in [-0.3, -0.25) is 0 Å². The summed E-state index contributed by atoms with van der Waals surface area (Å²) in [7, 11) is 1.54. The summed E-state index contributed by atoms with van der Waals surface area (Å²) in [4.78, 5) is 19.7. The van der Waals surface area contributed by atoms with Crippen molar-refractivity contribution in [3.05, 3.63) is 53.3 Å². The Bertz CT molecular complexity index is 898. The summed E-state index contributed by atoms with van der Waals surface area (Å²) < 4.78 is 5.28. The molecule has 0 fully saturated rings. The molecule has 2 N–H and O–H groups in total. The number of rotatable bonds is 4. The van der Waals surface area contributed by atoms with Crippen LogP contribution in [0.4, 0.5) is 11.5 Å². The summed E-state index contributed by atoms with van der Waals surface area (Å²) in [5, 5.41) is 13.4. The maximum absolute atomic E-state index is 11.5. The first-order valence-corrected chi connectivity index (χ1v) is 7.05. The summed E-state index contributed by atoms with van der Waals surface area (Å²) in [5.41, 5.74) is 1.23. The van der Waals surface area contributed by atoms with E-state index in [4.69, 9.17) is 16.3 Å². The number of carbonyl (C=O) groups is 1. The molecule has 0 saturated heterocycles. The standard InChI is InChI=1S/C16H12ClN3O3.ClH/c1-23-13-6-5-9(17)7-12(13)20-15-14-10(16(21)22)3-2-4-11(14)18-8-19-15;/h2-8H,1H3,(H,21,22)(H,18,19,20);1H. The topological polar surface area (TPSA) is 84.3 Å². The Kier molecular flexibility index (Phi) is 5.43. The number of nitrogens with one attached hydrogen (secondary N) is 1. The summed E-state index contributed by atoms with van der Waals surface area (Å²) in [5.74, 6) is -0.117. The fraction of sp³-hybridized carbons (Fsp3) is 0.0625. The van der Waals surface area contributed by atoms with Crippen molar-refractivity contribution in [3.63, 3.8) is 0 Å². The molecule has 0 amide bonds. The van der Waals surface area contributed by atoms with E-state index in [0.717, 1.165) is 0 Å². The monoisotopic (exact) mass is 365 g/mol. The van der Waals surface area contributed by atoms with Crippen LogP contribution in [-0.4, -0.2) is 28.2 Å². The van der Waals surface area contributed by atoms with E-state index in [2.05, 4.69) is 15.3 Å². The number of benzene rings is 2. The SMILES string of the molecule is COc1ccc(Cl)cc1Nc1ncnc2cccc(C(=O)O)c12.Cl. The van der Waals surface area contributed by atoms with E-state index in [1.165, 1.54) is 19.5 Å². The van der Waals surface area contributed by atoms with Crippen molar-refractivity contribution in [2.24, 2.45) is 0 Å². The van der Waals surface area contributed by atoms with Crippen LogP contribution in [-0.2, 0) is 0 Å². The zero-order valence-corrected chi connectivity index (χ0v) is 14.1. The number of carboxylic acids is 1. The summed E-state index contributed by atoms with van der Waals surface area (Å²) in [6.45, 7) is 0. The third kappa shape index (κ3) is 3.34. The Balaban J connectivity index is 0.00000208. The van der Waals surface area contributed by atoms with E-state index in [1.54, 1.807) is 30.3 Å². The van der Waals surface area contributed by atoms with Crippen molar-refractivity contribution < 1.29 is 14.6 Å². The minimum atomic E-state index is -1.05. The van der Waals surface area contributed by atoms with Crippen LogP contribution in [0.1, 0.15) is 10.4 Å². The number of hydrogen-bond acceptors (Lipinski definition) is 5. The molecule has 3 aromatic rings. The number of ether oxygens (including phenoxy) is 1. The molecular weight excluding hydrogens is 353 g/mol. The molecule has 2 aromatic carbocycles. The lowest BCUT2D eigenvalue weighted by molar-refractivity contribution is 0.0699. The number of aromatic carboxylic acids is 1. The fourth-order valence-electron chi connectivity index (χ4n) is 2.29. The smallest absolute Gasteiger partial charge is 0.336 e. The van der Waals surface area contributed by atoms with Crippen molar-refractivity contribution >= 4 is 52.4 Å². The first-order valence-electron chi connectivity index (χ1n) is 6.67. The van der Waals surface area contributed by atoms with Gasteiger partial charge in [0.05, 0.1) is 29.3 Å². The molecular formula is C16H13Cl2N3O3. The molecule has 0 aliphatic carbocycles. The lowest BCUT2D eigenvalue weighted by atomic mass is 10.1. The molecule has 8 heteroatoms. The van der Waals surface area contributed by atoms with Gasteiger partial charge in [0, 0.05) is 5.02 Å². The van der Waals surface area contributed by atoms with Gasteiger partial charge in [0.1, 0.15) is 17.9 Å². The molecule has 0 aliphatic rings. The van der Waals surface area contributed by atoms with Crippen molar-refractivity contribution in [2.75, 3.05) is 12.4 Å². The van der Waals surface area contributed by atoms with E-state index < -0.39 is 5.97 Å². The molecule has 0 radical (unpaired) electrons. The maximum Gasteiger partial charge on any atom is 0.336 e. The van der Waals surface area contributed by atoms with Crippen LogP contribution in [0.15, 0.2) is 42.7 Å². The fourth-order valence-corrected chi connectivity index (χ4v) is 2.46. The molecule has 124 valence electrons. The van der Waals surface area contributed by atoms with Gasteiger partial charge in [0.2, 0.25) is 0 Å². The molecule has 0 bridgehead atoms. The molecule has 0 aliphatic heterocycles. The van der Waals surface area contributed by atoms with Crippen molar-refractivity contribution in [2.45, 2.75) is 0 Å². The van der Waals surface area contributed by atoms with Crippen LogP contribution >= 0.6 is 24.0 Å². The number of methoxy groups -OCH3 is 1. The van der Waals surface area contributed by atoms with Gasteiger partial charge in [0.15, 0.2) is 0 Å². The Morgan fingerprint density at radius 1 is 1.25 bits per heavy atom. The van der Waals surface area contributed by atoms with Gasteiger partial charge < -0.3 is 15.2 Å². The van der Waals surface area contributed by atoms with Crippen molar-refractivity contribution in [1.29, 1.82) is 0 Å². The van der Waals surface area contributed by atoms with Crippen molar-refractivity contribution in [1.82, 2.24) is 9.97 Å². The quantitative estimate of drug-likeness (QED) is 0.722. The van der Waals surface area contributed by atoms with E-state index in [-0.39, 0.29) is 18.0 Å². The molecule has 24 heavy (non-hydrogen) atoms. The second kappa shape index (κ2) is 7.33. The first kappa shape index (κ1) is 17.8.